The van der Waals surface area contributed by atoms with Crippen LogP contribution in [0.4, 0.5) is 8.78 Å². The largest absolute Gasteiger partial charge is 0.478 e. The highest BCUT2D eigenvalue weighted by atomic mass is 19.1. The fourth-order valence-corrected chi connectivity index (χ4v) is 4.02. The lowest BCUT2D eigenvalue weighted by atomic mass is 9.80. The number of carbonyl (C=O) groups is 1. The van der Waals surface area contributed by atoms with Gasteiger partial charge in [-0.15, -0.1) is 0 Å². The smallest absolute Gasteiger partial charge is 0.338 e. The molecule has 0 fully saturated rings. The minimum atomic E-state index is -1.54. The van der Waals surface area contributed by atoms with Gasteiger partial charge >= 0.3 is 5.97 Å². The third kappa shape index (κ3) is 4.38. The molecule has 0 radical (unpaired) electrons. The van der Waals surface area contributed by atoms with E-state index in [9.17, 15) is 13.6 Å². The highest BCUT2D eigenvalue weighted by Gasteiger charge is 2.37. The highest BCUT2D eigenvalue weighted by Crippen LogP contribution is 2.41. The highest BCUT2D eigenvalue weighted by molar-refractivity contribution is 5.88. The van der Waals surface area contributed by atoms with Crippen molar-refractivity contribution in [3.63, 3.8) is 0 Å². The van der Waals surface area contributed by atoms with Crippen molar-refractivity contribution in [2.75, 3.05) is 6.61 Å². The van der Waals surface area contributed by atoms with E-state index in [0.717, 1.165) is 22.8 Å². The van der Waals surface area contributed by atoms with Crippen LogP contribution in [0.5, 0.6) is 0 Å². The lowest BCUT2D eigenvalue weighted by Gasteiger charge is -2.36. The van der Waals surface area contributed by atoms with Gasteiger partial charge in [0, 0.05) is 5.56 Å². The number of benzene rings is 4. The van der Waals surface area contributed by atoms with Gasteiger partial charge in [-0.1, -0.05) is 97.6 Å². The second kappa shape index (κ2) is 9.81. The predicted molar refractivity (Wildman–Crippen MR) is 128 cm³/mol. The predicted octanol–water partition coefficient (Wildman–Crippen LogP) is 6.68. The SMILES string of the molecule is C=C(COC(c1ccccc1)(c1ccccc1)c1ccccc1)c1cc(F)c(C(=O)O)cc1F. The number of rotatable bonds is 8. The summed E-state index contributed by atoms with van der Waals surface area (Å²) in [5.74, 6) is -3.45. The maximum absolute atomic E-state index is 14.7. The zero-order chi connectivity index (χ0) is 24.1. The van der Waals surface area contributed by atoms with Gasteiger partial charge in [0.2, 0.25) is 0 Å². The number of carboxylic acid groups (broad SMARTS) is 1. The second-order valence-electron chi connectivity index (χ2n) is 7.79. The van der Waals surface area contributed by atoms with Crippen LogP contribution in [0.3, 0.4) is 0 Å². The second-order valence-corrected chi connectivity index (χ2v) is 7.79. The summed E-state index contributed by atoms with van der Waals surface area (Å²) in [6.45, 7) is 3.77. The number of halogens is 2. The molecule has 0 heterocycles. The summed E-state index contributed by atoms with van der Waals surface area (Å²) >= 11 is 0. The molecule has 170 valence electrons. The Balaban J connectivity index is 1.79. The van der Waals surface area contributed by atoms with Crippen LogP contribution in [-0.4, -0.2) is 17.7 Å². The molecule has 0 unspecified atom stereocenters. The molecule has 0 saturated heterocycles. The standard InChI is InChI=1S/C29H22F2O3/c1-20(24-17-27(31)25(28(32)33)18-26(24)30)19-34-29(21-11-5-2-6-12-21,22-13-7-3-8-14-22)23-15-9-4-10-16-23/h2-18H,1,19H2,(H,32,33). The molecule has 0 aromatic heterocycles. The lowest BCUT2D eigenvalue weighted by Crippen LogP contribution is -2.33. The van der Waals surface area contributed by atoms with Gasteiger partial charge in [0.05, 0.1) is 12.2 Å². The number of ether oxygens (including phenoxy) is 1. The zero-order valence-corrected chi connectivity index (χ0v) is 18.2. The fourth-order valence-electron chi connectivity index (χ4n) is 4.02. The van der Waals surface area contributed by atoms with Crippen LogP contribution in [0.1, 0.15) is 32.6 Å². The first-order valence-electron chi connectivity index (χ1n) is 10.6. The van der Waals surface area contributed by atoms with Crippen molar-refractivity contribution in [3.05, 3.63) is 149 Å². The molecule has 4 aromatic rings. The average Bonchev–Trinajstić information content (AvgIpc) is 2.87. The summed E-state index contributed by atoms with van der Waals surface area (Å²) in [4.78, 5) is 11.1. The third-order valence-corrected chi connectivity index (χ3v) is 5.67. The molecule has 4 aromatic carbocycles. The van der Waals surface area contributed by atoms with Crippen molar-refractivity contribution in [1.82, 2.24) is 0 Å². The van der Waals surface area contributed by atoms with E-state index in [0.29, 0.717) is 6.07 Å². The Bertz CT molecular complexity index is 1210. The number of hydrogen-bond donors (Lipinski definition) is 1. The number of carboxylic acids is 1. The molecule has 0 bridgehead atoms. The fraction of sp³-hybridized carbons (Fsp3) is 0.0690. The molecule has 0 spiro atoms. The Hall–Kier alpha value is -4.09. The van der Waals surface area contributed by atoms with Gasteiger partial charge in [-0.3, -0.25) is 0 Å². The molecular formula is C29H22F2O3. The van der Waals surface area contributed by atoms with Crippen LogP contribution in [0.15, 0.2) is 110 Å². The quantitative estimate of drug-likeness (QED) is 0.301. The molecular weight excluding hydrogens is 434 g/mol. The van der Waals surface area contributed by atoms with E-state index >= 15 is 0 Å². The van der Waals surface area contributed by atoms with Crippen molar-refractivity contribution in [2.24, 2.45) is 0 Å². The lowest BCUT2D eigenvalue weighted by molar-refractivity contribution is 0.0355. The van der Waals surface area contributed by atoms with Crippen molar-refractivity contribution in [1.29, 1.82) is 0 Å². The van der Waals surface area contributed by atoms with Gasteiger partial charge in [-0.2, -0.15) is 0 Å². The van der Waals surface area contributed by atoms with Crippen LogP contribution in [0.2, 0.25) is 0 Å². The van der Waals surface area contributed by atoms with Gasteiger partial charge in [0.15, 0.2) is 0 Å². The Morgan fingerprint density at radius 2 is 1.12 bits per heavy atom. The maximum Gasteiger partial charge on any atom is 0.338 e. The monoisotopic (exact) mass is 456 g/mol. The molecule has 0 aliphatic carbocycles. The molecule has 5 heteroatoms. The van der Waals surface area contributed by atoms with Crippen molar-refractivity contribution >= 4 is 11.5 Å². The molecule has 0 amide bonds. The zero-order valence-electron chi connectivity index (χ0n) is 18.2. The van der Waals surface area contributed by atoms with E-state index in [1.165, 1.54) is 0 Å². The van der Waals surface area contributed by atoms with Crippen molar-refractivity contribution in [3.8, 4) is 0 Å². The molecule has 1 N–H and O–H groups in total. The van der Waals surface area contributed by atoms with Crippen LogP contribution in [0.25, 0.3) is 5.57 Å². The number of hydrogen-bond acceptors (Lipinski definition) is 2. The molecule has 4 rings (SSSR count). The van der Waals surface area contributed by atoms with E-state index in [2.05, 4.69) is 6.58 Å². The Morgan fingerprint density at radius 3 is 1.53 bits per heavy atom. The molecule has 0 saturated carbocycles. The molecule has 0 aliphatic rings. The first kappa shape index (κ1) is 23.1. The topological polar surface area (TPSA) is 46.5 Å². The summed E-state index contributed by atoms with van der Waals surface area (Å²) in [6.07, 6.45) is 0. The van der Waals surface area contributed by atoms with Gasteiger partial charge in [0.1, 0.15) is 17.2 Å². The van der Waals surface area contributed by atoms with E-state index in [4.69, 9.17) is 9.84 Å². The van der Waals surface area contributed by atoms with E-state index in [1.807, 2.05) is 91.0 Å². The summed E-state index contributed by atoms with van der Waals surface area (Å²) in [5.41, 5.74) is 0.824. The first-order chi connectivity index (χ1) is 16.4. The third-order valence-electron chi connectivity index (χ3n) is 5.67. The minimum Gasteiger partial charge on any atom is -0.478 e. The molecule has 3 nitrogen and oxygen atoms in total. The molecule has 34 heavy (non-hydrogen) atoms. The van der Waals surface area contributed by atoms with Crippen LogP contribution >= 0.6 is 0 Å². The van der Waals surface area contributed by atoms with Gasteiger partial charge in [-0.05, 0) is 34.4 Å². The Morgan fingerprint density at radius 1 is 0.735 bits per heavy atom. The molecule has 0 aliphatic heterocycles. The van der Waals surface area contributed by atoms with Crippen LogP contribution in [0, 0.1) is 11.6 Å². The average molecular weight is 456 g/mol. The normalized spacial score (nSPS) is 11.2. The summed E-state index contributed by atoms with van der Waals surface area (Å²) in [5, 5.41) is 9.05. The summed E-state index contributed by atoms with van der Waals surface area (Å²) < 4.78 is 35.5. The Labute approximate surface area is 196 Å². The minimum absolute atomic E-state index is 0.134. The molecule has 0 atom stereocenters. The van der Waals surface area contributed by atoms with E-state index in [1.54, 1.807) is 0 Å². The van der Waals surface area contributed by atoms with Gasteiger partial charge in [-0.25, -0.2) is 13.6 Å². The van der Waals surface area contributed by atoms with Crippen molar-refractivity contribution < 1.29 is 23.4 Å². The van der Waals surface area contributed by atoms with E-state index < -0.39 is 28.8 Å². The van der Waals surface area contributed by atoms with Crippen molar-refractivity contribution in [2.45, 2.75) is 5.60 Å². The number of aromatic carboxylic acids is 1. The summed E-state index contributed by atoms with van der Waals surface area (Å²) in [7, 11) is 0. The maximum atomic E-state index is 14.7. The summed E-state index contributed by atoms with van der Waals surface area (Å²) in [6, 6.07) is 30.4. The van der Waals surface area contributed by atoms with Crippen LogP contribution < -0.4 is 0 Å². The first-order valence-corrected chi connectivity index (χ1v) is 10.6. The van der Waals surface area contributed by atoms with Gasteiger partial charge in [0.25, 0.3) is 0 Å². The van der Waals surface area contributed by atoms with Gasteiger partial charge < -0.3 is 9.84 Å². The van der Waals surface area contributed by atoms with Crippen LogP contribution in [-0.2, 0) is 10.3 Å². The Kier molecular flexibility index (Phi) is 6.66. The van der Waals surface area contributed by atoms with E-state index in [-0.39, 0.29) is 17.7 Å².